The number of nitrogens with one attached hydrogen (secondary N) is 2. The monoisotopic (exact) mass is 789 g/mol. The van der Waals surface area contributed by atoms with Gasteiger partial charge in [0, 0.05) is 20.9 Å². The molecular weight excluding hydrogens is 767 g/mol. The smallest absolute Gasteiger partial charge is 0.254 e. The van der Waals surface area contributed by atoms with Gasteiger partial charge in [0.05, 0.1) is 34.3 Å². The van der Waals surface area contributed by atoms with Crippen LogP contribution in [0.15, 0.2) is 0 Å². The van der Waals surface area contributed by atoms with Crippen LogP contribution in [-0.2, 0) is 14.3 Å². The zero-order chi connectivity index (χ0) is 24.5. The average Bonchev–Trinajstić information content (AvgIpc) is 2.70. The summed E-state index contributed by atoms with van der Waals surface area (Å²) in [6.45, 7) is 2.03. The van der Waals surface area contributed by atoms with Crippen molar-refractivity contribution >= 4 is 96.9 Å². The van der Waals surface area contributed by atoms with Gasteiger partial charge in [0.1, 0.15) is 24.4 Å². The fourth-order valence-corrected chi connectivity index (χ4v) is 7.71. The summed E-state index contributed by atoms with van der Waals surface area (Å²) < 4.78 is 6.40. The summed E-state index contributed by atoms with van der Waals surface area (Å²) in [7, 11) is 1.53. The number of hydrogen-bond acceptors (Lipinski definition) is 8. The second-order valence-electron chi connectivity index (χ2n) is 7.03. The van der Waals surface area contributed by atoms with Gasteiger partial charge in [0.15, 0.2) is 6.29 Å². The minimum absolute atomic E-state index is 0.0941. The molecule has 32 heavy (non-hydrogen) atoms. The van der Waals surface area contributed by atoms with E-state index in [9.17, 15) is 34.8 Å². The van der Waals surface area contributed by atoms with Gasteiger partial charge in [-0.3, -0.25) is 14.4 Å². The predicted octanol–water partition coefficient (Wildman–Crippen LogP) is -0.0288. The van der Waals surface area contributed by atoms with Crippen molar-refractivity contribution in [2.24, 2.45) is 0 Å². The van der Waals surface area contributed by atoms with Crippen molar-refractivity contribution in [3.63, 3.8) is 0 Å². The molecule has 1 heterocycles. The van der Waals surface area contributed by atoms with Gasteiger partial charge in [-0.15, -0.1) is 0 Å². The number of halogens is 3. The summed E-state index contributed by atoms with van der Waals surface area (Å²) in [5, 5.41) is 45.0. The Morgan fingerprint density at radius 1 is 1.03 bits per heavy atom. The number of benzene rings is 1. The first kappa shape index (κ1) is 27.9. The van der Waals surface area contributed by atoms with Gasteiger partial charge >= 0.3 is 0 Å². The first-order valence-electron chi connectivity index (χ1n) is 9.17. The van der Waals surface area contributed by atoms with Gasteiger partial charge in [-0.2, -0.15) is 0 Å². The van der Waals surface area contributed by atoms with Gasteiger partial charge in [-0.05, 0) is 67.8 Å². The average molecular weight is 789 g/mol. The molecule has 2 rings (SSSR count). The van der Waals surface area contributed by atoms with Crippen LogP contribution < -0.4 is 15.5 Å². The second-order valence-corrected chi connectivity index (χ2v) is 10.3. The van der Waals surface area contributed by atoms with E-state index >= 15 is 0 Å². The van der Waals surface area contributed by atoms with Gasteiger partial charge in [0.25, 0.3) is 5.91 Å². The number of rotatable bonds is 5. The van der Waals surface area contributed by atoms with E-state index in [-0.39, 0.29) is 17.4 Å². The van der Waals surface area contributed by atoms with E-state index in [1.165, 1.54) is 25.8 Å². The number of anilines is 2. The molecule has 1 aliphatic rings. The van der Waals surface area contributed by atoms with Crippen molar-refractivity contribution in [3.8, 4) is 0 Å². The SMILES string of the molecule is CC(=O)Nc1c(I)c(C(=O)NC2C(O)C(O)C(CO)O[C@@H]2O)c(I)c(N(C)C(C)=O)c1I. The lowest BCUT2D eigenvalue weighted by Crippen LogP contribution is -2.64. The van der Waals surface area contributed by atoms with E-state index in [1.807, 2.05) is 67.8 Å². The van der Waals surface area contributed by atoms with E-state index in [0.29, 0.717) is 22.1 Å². The van der Waals surface area contributed by atoms with Crippen molar-refractivity contribution in [3.05, 3.63) is 16.3 Å². The van der Waals surface area contributed by atoms with Crippen molar-refractivity contribution in [2.75, 3.05) is 23.9 Å². The van der Waals surface area contributed by atoms with E-state index in [0.717, 1.165) is 0 Å². The molecule has 3 amide bonds. The number of aliphatic hydroxyl groups excluding tert-OH is 4. The first-order valence-corrected chi connectivity index (χ1v) is 12.4. The highest BCUT2D eigenvalue weighted by atomic mass is 127. The summed E-state index contributed by atoms with van der Waals surface area (Å²) >= 11 is 5.78. The Morgan fingerprint density at radius 2 is 1.62 bits per heavy atom. The van der Waals surface area contributed by atoms with Crippen LogP contribution in [0, 0.1) is 10.7 Å². The summed E-state index contributed by atoms with van der Waals surface area (Å²) in [5.74, 6) is -1.41. The Morgan fingerprint density at radius 3 is 2.12 bits per heavy atom. The number of carbonyl (C=O) groups is 3. The Labute approximate surface area is 224 Å². The van der Waals surface area contributed by atoms with E-state index < -0.39 is 43.2 Å². The molecule has 1 saturated heterocycles. The maximum Gasteiger partial charge on any atom is 0.254 e. The fourth-order valence-electron chi connectivity index (χ4n) is 3.06. The highest BCUT2D eigenvalue weighted by Gasteiger charge is 2.44. The molecule has 0 aromatic heterocycles. The van der Waals surface area contributed by atoms with Crippen molar-refractivity contribution in [1.82, 2.24) is 5.32 Å². The van der Waals surface area contributed by atoms with Crippen LogP contribution in [-0.4, -0.2) is 82.4 Å². The van der Waals surface area contributed by atoms with Crippen molar-refractivity contribution in [2.45, 2.75) is 44.5 Å². The zero-order valence-corrected chi connectivity index (χ0v) is 23.6. The Kier molecular flexibility index (Phi) is 9.89. The molecule has 11 nitrogen and oxygen atoms in total. The van der Waals surface area contributed by atoms with Crippen LogP contribution in [0.2, 0.25) is 0 Å². The van der Waals surface area contributed by atoms with Gasteiger partial charge in [-0.1, -0.05) is 0 Å². The molecule has 0 saturated carbocycles. The molecule has 0 spiro atoms. The summed E-state index contributed by atoms with van der Waals surface area (Å²) in [5.41, 5.74) is 0.819. The van der Waals surface area contributed by atoms with Gasteiger partial charge in [-0.25, -0.2) is 0 Å². The normalized spacial score (nSPS) is 25.2. The Hall–Kier alpha value is -0.380. The molecule has 0 aliphatic carbocycles. The van der Waals surface area contributed by atoms with E-state index in [4.69, 9.17) is 4.74 Å². The number of aliphatic hydroxyl groups is 4. The molecule has 1 aliphatic heterocycles. The summed E-state index contributed by atoms with van der Waals surface area (Å²) in [4.78, 5) is 38.4. The topological polar surface area (TPSA) is 169 Å². The highest BCUT2D eigenvalue weighted by molar-refractivity contribution is 14.1. The molecule has 14 heteroatoms. The number of nitrogens with zero attached hydrogens (tertiary/aromatic N) is 1. The van der Waals surface area contributed by atoms with E-state index in [1.54, 1.807) is 0 Å². The lowest BCUT2D eigenvalue weighted by atomic mass is 9.96. The number of amides is 3. The molecule has 6 N–H and O–H groups in total. The third-order valence-corrected chi connectivity index (χ3v) is 8.01. The van der Waals surface area contributed by atoms with Gasteiger partial charge in [0.2, 0.25) is 11.8 Å². The second kappa shape index (κ2) is 11.4. The molecule has 1 aromatic carbocycles. The van der Waals surface area contributed by atoms with Crippen LogP contribution in [0.4, 0.5) is 11.4 Å². The maximum atomic E-state index is 13.2. The Balaban J connectivity index is 2.56. The van der Waals surface area contributed by atoms with Crippen LogP contribution in [0.5, 0.6) is 0 Å². The zero-order valence-electron chi connectivity index (χ0n) is 17.1. The van der Waals surface area contributed by atoms with Crippen LogP contribution >= 0.6 is 67.8 Å². The number of carbonyl (C=O) groups excluding carboxylic acids is 3. The number of hydrogen-bond donors (Lipinski definition) is 6. The third-order valence-electron chi connectivity index (χ3n) is 4.83. The number of ether oxygens (including phenoxy) is 1. The highest BCUT2D eigenvalue weighted by Crippen LogP contribution is 2.40. The lowest BCUT2D eigenvalue weighted by Gasteiger charge is -2.40. The molecule has 0 radical (unpaired) electrons. The van der Waals surface area contributed by atoms with E-state index in [2.05, 4.69) is 10.6 Å². The molecule has 0 bridgehead atoms. The van der Waals surface area contributed by atoms with Crippen LogP contribution in [0.1, 0.15) is 24.2 Å². The van der Waals surface area contributed by atoms with Crippen molar-refractivity contribution < 1.29 is 39.5 Å². The third kappa shape index (κ3) is 5.63. The standard InChI is InChI=1S/C18H22I3N3O8/c1-5(26)22-12-9(19)8(10(20)14(11(12)21)24(3)6(2)27)17(30)23-13-16(29)15(28)7(4-25)32-18(13)31/h7,13,15-16,18,25,28-29,31H,4H2,1-3H3,(H,22,26)(H,23,30)/t7?,13?,15?,16?,18-/m0/s1. The minimum atomic E-state index is -1.69. The molecule has 178 valence electrons. The maximum absolute atomic E-state index is 13.2. The minimum Gasteiger partial charge on any atom is -0.394 e. The first-order chi connectivity index (χ1) is 14.8. The quantitative estimate of drug-likeness (QED) is 0.227. The van der Waals surface area contributed by atoms with Crippen LogP contribution in [0.3, 0.4) is 0 Å². The largest absolute Gasteiger partial charge is 0.394 e. The summed E-state index contributed by atoms with van der Waals surface area (Å²) in [6, 6.07) is -1.40. The molecular formula is C18H22I3N3O8. The molecule has 1 aromatic rings. The predicted molar refractivity (Wildman–Crippen MR) is 139 cm³/mol. The van der Waals surface area contributed by atoms with Crippen molar-refractivity contribution in [1.29, 1.82) is 0 Å². The fraction of sp³-hybridized carbons (Fsp3) is 0.500. The van der Waals surface area contributed by atoms with Gasteiger partial charge < -0.3 is 40.7 Å². The Bertz CT molecular complexity index is 931. The molecule has 1 fully saturated rings. The lowest BCUT2D eigenvalue weighted by molar-refractivity contribution is -0.252. The van der Waals surface area contributed by atoms with Crippen LogP contribution in [0.25, 0.3) is 0 Å². The molecule has 5 atom stereocenters. The summed E-state index contributed by atoms with van der Waals surface area (Å²) in [6.07, 6.45) is -6.07. The molecule has 4 unspecified atom stereocenters.